The van der Waals surface area contributed by atoms with Crippen molar-refractivity contribution in [1.29, 1.82) is 0 Å². The summed E-state index contributed by atoms with van der Waals surface area (Å²) in [5.41, 5.74) is 15.9. The number of fused-ring (bicyclic) bond motifs is 11. The molecule has 298 valence electrons. The molecule has 5 heteroatoms. The Morgan fingerprint density at radius 3 is 1.87 bits per heavy atom. The van der Waals surface area contributed by atoms with E-state index in [1.165, 1.54) is 72.3 Å². The van der Waals surface area contributed by atoms with Gasteiger partial charge in [-0.3, -0.25) is 4.57 Å². The second-order valence-electron chi connectivity index (χ2n) is 19.8. The number of nitrogens with zero attached hydrogens (tertiary/aromatic N) is 4. The van der Waals surface area contributed by atoms with Crippen molar-refractivity contribution < 1.29 is 4.74 Å². The third kappa shape index (κ3) is 5.01. The predicted octanol–water partition coefficient (Wildman–Crippen LogP) is 13.4. The summed E-state index contributed by atoms with van der Waals surface area (Å²) in [5, 5.41) is 2.36. The van der Waals surface area contributed by atoms with E-state index in [1.807, 2.05) is 18.3 Å². The summed E-state index contributed by atoms with van der Waals surface area (Å²) in [5.74, 6) is 2.48. The Morgan fingerprint density at radius 2 is 1.18 bits per heavy atom. The Bertz CT molecular complexity index is 3000. The van der Waals surface area contributed by atoms with Crippen LogP contribution in [0.1, 0.15) is 99.9 Å². The van der Waals surface area contributed by atoms with Crippen molar-refractivity contribution in [2.75, 3.05) is 23.5 Å². The molecule has 11 rings (SSSR count). The van der Waals surface area contributed by atoms with Crippen LogP contribution in [0.15, 0.2) is 140 Å². The molecule has 2 aliphatic heterocycles. The highest BCUT2D eigenvalue weighted by Crippen LogP contribution is 2.65. The third-order valence-corrected chi connectivity index (χ3v) is 13.8. The third-order valence-electron chi connectivity index (χ3n) is 13.8. The first-order valence-electron chi connectivity index (χ1n) is 21.4. The van der Waals surface area contributed by atoms with Crippen LogP contribution in [0.2, 0.25) is 0 Å². The van der Waals surface area contributed by atoms with Crippen molar-refractivity contribution in [2.45, 2.75) is 77.0 Å². The molecule has 60 heavy (non-hydrogen) atoms. The molecule has 0 atom stereocenters. The minimum absolute atomic E-state index is 0.0304. The lowest BCUT2D eigenvalue weighted by atomic mass is 9.52. The molecular weight excluding hydrogens is 733 g/mol. The molecule has 3 aliphatic rings. The number of rotatable bonds is 3. The van der Waals surface area contributed by atoms with E-state index in [9.17, 15) is 0 Å². The lowest BCUT2D eigenvalue weighted by Gasteiger charge is -2.52. The monoisotopic (exact) mass is 784 g/mol. The van der Waals surface area contributed by atoms with Crippen molar-refractivity contribution in [3.63, 3.8) is 0 Å². The molecule has 0 saturated carbocycles. The quantitative estimate of drug-likeness (QED) is 0.179. The van der Waals surface area contributed by atoms with Crippen LogP contribution in [0, 0.1) is 0 Å². The smallest absolute Gasteiger partial charge is 0.137 e. The summed E-state index contributed by atoms with van der Waals surface area (Å²) in [4.78, 5) is 9.69. The highest BCUT2D eigenvalue weighted by Gasteiger charge is 2.55. The number of ether oxygens (including phenoxy) is 1. The van der Waals surface area contributed by atoms with Gasteiger partial charge in [-0.15, -0.1) is 0 Å². The molecule has 1 spiro atoms. The Balaban J connectivity index is 1.17. The molecule has 0 bridgehead atoms. The lowest BCUT2D eigenvalue weighted by Crippen LogP contribution is -2.45. The van der Waals surface area contributed by atoms with Crippen LogP contribution < -0.4 is 14.5 Å². The van der Waals surface area contributed by atoms with E-state index < -0.39 is 5.41 Å². The minimum atomic E-state index is -0.577. The second-order valence-corrected chi connectivity index (χ2v) is 19.8. The second kappa shape index (κ2) is 12.4. The Morgan fingerprint density at radius 1 is 0.550 bits per heavy atom. The van der Waals surface area contributed by atoms with E-state index >= 15 is 0 Å². The number of hydrogen-bond acceptors (Lipinski definition) is 4. The average Bonchev–Trinajstić information content (AvgIpc) is 3.75. The number of anilines is 3. The maximum Gasteiger partial charge on any atom is 0.137 e. The summed E-state index contributed by atoms with van der Waals surface area (Å²) in [6, 6.07) is 49.7. The topological polar surface area (TPSA) is 33.5 Å². The number of hydrogen-bond donors (Lipinski definition) is 0. The molecule has 8 aromatic rings. The van der Waals surface area contributed by atoms with E-state index in [-0.39, 0.29) is 16.2 Å². The summed E-state index contributed by atoms with van der Waals surface area (Å²) >= 11 is 0. The highest BCUT2D eigenvalue weighted by molar-refractivity contribution is 6.09. The van der Waals surface area contributed by atoms with E-state index in [2.05, 4.69) is 198 Å². The van der Waals surface area contributed by atoms with Crippen molar-refractivity contribution >= 4 is 38.9 Å². The van der Waals surface area contributed by atoms with Gasteiger partial charge in [0.1, 0.15) is 17.3 Å². The minimum Gasteiger partial charge on any atom is -0.457 e. The molecule has 0 amide bonds. The first-order valence-corrected chi connectivity index (χ1v) is 21.4. The van der Waals surface area contributed by atoms with Gasteiger partial charge in [-0.05, 0) is 97.8 Å². The maximum atomic E-state index is 6.97. The molecule has 2 aromatic heterocycles. The van der Waals surface area contributed by atoms with Gasteiger partial charge in [-0.25, -0.2) is 4.98 Å². The number of pyridine rings is 1. The van der Waals surface area contributed by atoms with Gasteiger partial charge in [0.05, 0.1) is 40.2 Å². The zero-order valence-corrected chi connectivity index (χ0v) is 36.2. The van der Waals surface area contributed by atoms with Crippen LogP contribution in [0.4, 0.5) is 17.1 Å². The molecule has 1 aliphatic carbocycles. The van der Waals surface area contributed by atoms with Crippen LogP contribution in [-0.4, -0.2) is 23.3 Å². The summed E-state index contributed by atoms with van der Waals surface area (Å²) in [6.45, 7) is 19.6. The van der Waals surface area contributed by atoms with Gasteiger partial charge in [-0.2, -0.15) is 0 Å². The van der Waals surface area contributed by atoms with E-state index in [0.29, 0.717) is 0 Å². The normalized spacial score (nSPS) is 15.9. The van der Waals surface area contributed by atoms with Crippen LogP contribution in [0.3, 0.4) is 0 Å². The number of aromatic nitrogens is 2. The predicted molar refractivity (Wildman–Crippen MR) is 248 cm³/mol. The standard InChI is InChI=1S/C55H52N4O/c1-52(2,3)34-20-25-40-44(29-34)55(45-30-35(53(4,5)6)21-26-41(45)54(40,7)8)42-27-23-37(32-49(42)58-33-57(9)47-18-14-16-43(55)51(47)58)60-36-22-24-39-38-15-10-11-17-46(38)59(48(39)31-36)50-19-12-13-28-56-50/h10-32H,33H2,1-9H3. The zero-order chi connectivity index (χ0) is 41.5. The van der Waals surface area contributed by atoms with Gasteiger partial charge in [0.25, 0.3) is 0 Å². The zero-order valence-electron chi connectivity index (χ0n) is 36.2. The van der Waals surface area contributed by atoms with Crippen LogP contribution in [0.5, 0.6) is 11.5 Å². The van der Waals surface area contributed by atoms with Crippen molar-refractivity contribution in [2.24, 2.45) is 0 Å². The van der Waals surface area contributed by atoms with Gasteiger partial charge < -0.3 is 14.5 Å². The van der Waals surface area contributed by atoms with Crippen molar-refractivity contribution in [1.82, 2.24) is 9.55 Å². The molecular formula is C55H52N4O. The average molecular weight is 785 g/mol. The Hall–Kier alpha value is -6.33. The summed E-state index contributed by atoms with van der Waals surface area (Å²) in [6.07, 6.45) is 1.85. The fourth-order valence-electron chi connectivity index (χ4n) is 10.7. The van der Waals surface area contributed by atoms with Crippen molar-refractivity contribution in [3.05, 3.63) is 184 Å². The molecule has 0 saturated heterocycles. The Kier molecular flexibility index (Phi) is 7.56. The largest absolute Gasteiger partial charge is 0.457 e. The molecule has 5 nitrogen and oxygen atoms in total. The number of benzene rings is 6. The molecule has 0 N–H and O–H groups in total. The van der Waals surface area contributed by atoms with Gasteiger partial charge in [0, 0.05) is 41.6 Å². The van der Waals surface area contributed by atoms with Gasteiger partial charge in [-0.1, -0.05) is 134 Å². The fourth-order valence-corrected chi connectivity index (χ4v) is 10.7. The fraction of sp³-hybridized carbons (Fsp3) is 0.255. The molecule has 6 aromatic carbocycles. The maximum absolute atomic E-state index is 6.97. The van der Waals surface area contributed by atoms with Crippen molar-refractivity contribution in [3.8, 4) is 17.3 Å². The highest BCUT2D eigenvalue weighted by atomic mass is 16.5. The van der Waals surface area contributed by atoms with E-state index in [0.717, 1.165) is 35.0 Å². The Labute approximate surface area is 353 Å². The van der Waals surface area contributed by atoms with Gasteiger partial charge >= 0.3 is 0 Å². The van der Waals surface area contributed by atoms with E-state index in [4.69, 9.17) is 9.72 Å². The summed E-state index contributed by atoms with van der Waals surface area (Å²) in [7, 11) is 2.22. The molecule has 4 heterocycles. The first kappa shape index (κ1) is 36.7. The van der Waals surface area contributed by atoms with Gasteiger partial charge in [0.15, 0.2) is 0 Å². The summed E-state index contributed by atoms with van der Waals surface area (Å²) < 4.78 is 9.21. The molecule has 0 unspecified atom stereocenters. The first-order chi connectivity index (χ1) is 28.7. The van der Waals surface area contributed by atoms with Gasteiger partial charge in [0.2, 0.25) is 0 Å². The lowest BCUT2D eigenvalue weighted by molar-refractivity contribution is 0.482. The molecule has 0 fully saturated rings. The van der Waals surface area contributed by atoms with Crippen LogP contribution in [-0.2, 0) is 21.7 Å². The van der Waals surface area contributed by atoms with Crippen LogP contribution in [0.25, 0.3) is 27.6 Å². The van der Waals surface area contributed by atoms with Crippen LogP contribution >= 0.6 is 0 Å². The number of para-hydroxylation sites is 2. The SMILES string of the molecule is CN1CN2c3cc(Oc4ccc5c6ccccc6n(-c6ccccn6)c5c4)ccc3C3(c4cc(C(C)(C)C)ccc4C(C)(C)c4ccc(C(C)(C)C)cc43)c3cccc1c32. The molecule has 0 radical (unpaired) electrons. The van der Waals surface area contributed by atoms with E-state index in [1.54, 1.807) is 0 Å².